The Labute approximate surface area is 150 Å². The highest BCUT2D eigenvalue weighted by molar-refractivity contribution is 7.15. The van der Waals surface area contributed by atoms with Gasteiger partial charge >= 0.3 is 5.97 Å². The molecule has 24 heavy (non-hydrogen) atoms. The van der Waals surface area contributed by atoms with E-state index in [0.29, 0.717) is 22.0 Å². The molecule has 1 N–H and O–H groups in total. The Morgan fingerprint density at radius 3 is 2.50 bits per heavy atom. The van der Waals surface area contributed by atoms with Crippen LogP contribution in [0.15, 0.2) is 29.6 Å². The minimum absolute atomic E-state index is 0.111. The first-order valence-electron chi connectivity index (χ1n) is 7.76. The molecule has 0 aliphatic carbocycles. The number of rotatable bonds is 6. The molecule has 0 saturated heterocycles. The predicted octanol–water partition coefficient (Wildman–Crippen LogP) is 5.23. The molecule has 0 radical (unpaired) electrons. The van der Waals surface area contributed by atoms with Gasteiger partial charge in [0.15, 0.2) is 0 Å². The van der Waals surface area contributed by atoms with Crippen LogP contribution in [0.1, 0.15) is 37.6 Å². The standard InChI is InChI=1S/C18H20ClNO3S/c1-4-23-18(22)16-14(12-5-7-13(19)8-6-12)10-24-17(16)20-15(21)9-11(2)3/h5-8,10-11H,4,9H2,1-3H3,(H,20,21). The second-order valence-electron chi connectivity index (χ2n) is 5.73. The van der Waals surface area contributed by atoms with Gasteiger partial charge in [0, 0.05) is 22.4 Å². The van der Waals surface area contributed by atoms with Gasteiger partial charge in [-0.05, 0) is 30.5 Å². The van der Waals surface area contributed by atoms with Crippen molar-refractivity contribution in [3.63, 3.8) is 0 Å². The van der Waals surface area contributed by atoms with Gasteiger partial charge in [0.1, 0.15) is 10.6 Å². The molecule has 1 heterocycles. The van der Waals surface area contributed by atoms with Gasteiger partial charge in [0.25, 0.3) is 0 Å². The summed E-state index contributed by atoms with van der Waals surface area (Å²) in [6, 6.07) is 7.21. The quantitative estimate of drug-likeness (QED) is 0.713. The van der Waals surface area contributed by atoms with Crippen molar-refractivity contribution in [3.8, 4) is 11.1 Å². The van der Waals surface area contributed by atoms with Crippen molar-refractivity contribution in [1.82, 2.24) is 0 Å². The maximum atomic E-state index is 12.4. The van der Waals surface area contributed by atoms with E-state index in [4.69, 9.17) is 16.3 Å². The Hall–Kier alpha value is -1.85. The first-order valence-corrected chi connectivity index (χ1v) is 9.02. The zero-order valence-electron chi connectivity index (χ0n) is 13.9. The highest BCUT2D eigenvalue weighted by Gasteiger charge is 2.22. The molecule has 0 spiro atoms. The molecule has 0 unspecified atom stereocenters. The number of nitrogens with one attached hydrogen (secondary N) is 1. The lowest BCUT2D eigenvalue weighted by Crippen LogP contribution is -2.16. The second kappa shape index (κ2) is 8.31. The van der Waals surface area contributed by atoms with E-state index in [9.17, 15) is 9.59 Å². The number of thiophene rings is 1. The highest BCUT2D eigenvalue weighted by Crippen LogP contribution is 2.36. The summed E-state index contributed by atoms with van der Waals surface area (Å²) in [5.74, 6) is -0.310. The SMILES string of the molecule is CCOC(=O)c1c(-c2ccc(Cl)cc2)csc1NC(=O)CC(C)C. The Morgan fingerprint density at radius 2 is 1.92 bits per heavy atom. The van der Waals surface area contributed by atoms with Crippen LogP contribution in [-0.2, 0) is 9.53 Å². The summed E-state index contributed by atoms with van der Waals surface area (Å²) in [5.41, 5.74) is 1.97. The Balaban J connectivity index is 2.39. The third-order valence-corrected chi connectivity index (χ3v) is 4.42. The molecule has 2 rings (SSSR count). The van der Waals surface area contributed by atoms with Crippen LogP contribution in [0, 0.1) is 5.92 Å². The summed E-state index contributed by atoms with van der Waals surface area (Å²) in [4.78, 5) is 24.5. The van der Waals surface area contributed by atoms with Crippen molar-refractivity contribution in [1.29, 1.82) is 0 Å². The first kappa shape index (κ1) is 18.5. The van der Waals surface area contributed by atoms with Gasteiger partial charge in [-0.25, -0.2) is 4.79 Å². The molecule has 6 heteroatoms. The zero-order chi connectivity index (χ0) is 17.7. The minimum Gasteiger partial charge on any atom is -0.462 e. The topological polar surface area (TPSA) is 55.4 Å². The van der Waals surface area contributed by atoms with Crippen LogP contribution in [0.3, 0.4) is 0 Å². The molecule has 0 aliphatic heterocycles. The summed E-state index contributed by atoms with van der Waals surface area (Å²) < 4.78 is 5.17. The van der Waals surface area contributed by atoms with Crippen molar-refractivity contribution in [3.05, 3.63) is 40.2 Å². The number of esters is 1. The fraction of sp³-hybridized carbons (Fsp3) is 0.333. The lowest BCUT2D eigenvalue weighted by molar-refractivity contribution is -0.116. The maximum Gasteiger partial charge on any atom is 0.341 e. The van der Waals surface area contributed by atoms with Crippen molar-refractivity contribution in [2.45, 2.75) is 27.2 Å². The normalized spacial score (nSPS) is 10.7. The second-order valence-corrected chi connectivity index (χ2v) is 7.04. The average Bonchev–Trinajstić information content (AvgIpc) is 2.91. The van der Waals surface area contributed by atoms with Crippen molar-refractivity contribution in [2.75, 3.05) is 11.9 Å². The summed E-state index contributed by atoms with van der Waals surface area (Å²) in [6.07, 6.45) is 0.399. The van der Waals surface area contributed by atoms with Gasteiger partial charge < -0.3 is 10.1 Å². The summed E-state index contributed by atoms with van der Waals surface area (Å²) in [5, 5.41) is 5.82. The van der Waals surface area contributed by atoms with E-state index in [-0.39, 0.29) is 18.4 Å². The molecule has 0 atom stereocenters. The lowest BCUT2D eigenvalue weighted by atomic mass is 10.0. The van der Waals surface area contributed by atoms with Crippen molar-refractivity contribution >= 4 is 39.8 Å². The molecule has 4 nitrogen and oxygen atoms in total. The molecule has 0 saturated carbocycles. The molecule has 2 aromatic rings. The number of hydrogen-bond acceptors (Lipinski definition) is 4. The van der Waals surface area contributed by atoms with E-state index >= 15 is 0 Å². The Morgan fingerprint density at radius 1 is 1.25 bits per heavy atom. The zero-order valence-corrected chi connectivity index (χ0v) is 15.5. The van der Waals surface area contributed by atoms with E-state index < -0.39 is 5.97 Å². The number of anilines is 1. The molecule has 0 aliphatic rings. The van der Waals surface area contributed by atoms with Crippen LogP contribution in [0.4, 0.5) is 5.00 Å². The third-order valence-electron chi connectivity index (χ3n) is 3.27. The maximum absolute atomic E-state index is 12.4. The van der Waals surface area contributed by atoms with E-state index in [2.05, 4.69) is 5.32 Å². The molecule has 0 fully saturated rings. The van der Waals surface area contributed by atoms with Crippen LogP contribution in [0.5, 0.6) is 0 Å². The fourth-order valence-corrected chi connectivity index (χ4v) is 3.35. The number of hydrogen-bond donors (Lipinski definition) is 1. The van der Waals surface area contributed by atoms with Gasteiger partial charge in [0.05, 0.1) is 6.61 Å². The average molecular weight is 366 g/mol. The van der Waals surface area contributed by atoms with Crippen LogP contribution < -0.4 is 5.32 Å². The molecular weight excluding hydrogens is 346 g/mol. The van der Waals surface area contributed by atoms with Gasteiger partial charge in [-0.1, -0.05) is 37.6 Å². The Kier molecular flexibility index (Phi) is 6.40. The van der Waals surface area contributed by atoms with E-state index in [1.165, 1.54) is 11.3 Å². The monoisotopic (exact) mass is 365 g/mol. The fourth-order valence-electron chi connectivity index (χ4n) is 2.25. The van der Waals surface area contributed by atoms with Crippen LogP contribution >= 0.6 is 22.9 Å². The number of ether oxygens (including phenoxy) is 1. The Bertz CT molecular complexity index is 722. The smallest absolute Gasteiger partial charge is 0.341 e. The predicted molar refractivity (Wildman–Crippen MR) is 98.8 cm³/mol. The van der Waals surface area contributed by atoms with Gasteiger partial charge in [0.2, 0.25) is 5.91 Å². The molecule has 1 aromatic heterocycles. The highest BCUT2D eigenvalue weighted by atomic mass is 35.5. The third kappa shape index (κ3) is 4.58. The van der Waals surface area contributed by atoms with E-state index in [1.54, 1.807) is 19.1 Å². The van der Waals surface area contributed by atoms with Crippen LogP contribution in [-0.4, -0.2) is 18.5 Å². The molecule has 1 amide bonds. The minimum atomic E-state index is -0.441. The van der Waals surface area contributed by atoms with E-state index in [1.807, 2.05) is 31.4 Å². The lowest BCUT2D eigenvalue weighted by Gasteiger charge is -2.09. The largest absolute Gasteiger partial charge is 0.462 e. The number of amides is 1. The number of benzene rings is 1. The van der Waals surface area contributed by atoms with Gasteiger partial charge in [-0.15, -0.1) is 11.3 Å². The van der Waals surface area contributed by atoms with Crippen LogP contribution in [0.2, 0.25) is 5.02 Å². The molecule has 0 bridgehead atoms. The summed E-state index contributed by atoms with van der Waals surface area (Å²) in [7, 11) is 0. The van der Waals surface area contributed by atoms with Gasteiger partial charge in [-0.3, -0.25) is 4.79 Å². The van der Waals surface area contributed by atoms with Crippen molar-refractivity contribution in [2.24, 2.45) is 5.92 Å². The number of carbonyl (C=O) groups excluding carboxylic acids is 2. The first-order chi connectivity index (χ1) is 11.4. The number of halogens is 1. The summed E-state index contributed by atoms with van der Waals surface area (Å²) in [6.45, 7) is 5.97. The van der Waals surface area contributed by atoms with Crippen molar-refractivity contribution < 1.29 is 14.3 Å². The van der Waals surface area contributed by atoms with E-state index in [0.717, 1.165) is 11.1 Å². The summed E-state index contributed by atoms with van der Waals surface area (Å²) >= 11 is 7.25. The van der Waals surface area contributed by atoms with Gasteiger partial charge in [-0.2, -0.15) is 0 Å². The molecule has 1 aromatic carbocycles. The van der Waals surface area contributed by atoms with Crippen LogP contribution in [0.25, 0.3) is 11.1 Å². The number of carbonyl (C=O) groups is 2. The molecular formula is C18H20ClNO3S. The molecule has 128 valence electrons.